The van der Waals surface area contributed by atoms with E-state index in [2.05, 4.69) is 19.1 Å². The van der Waals surface area contributed by atoms with Crippen molar-refractivity contribution in [1.82, 2.24) is 4.90 Å². The molecule has 0 bridgehead atoms. The molecule has 1 aromatic carbocycles. The fourth-order valence-corrected chi connectivity index (χ4v) is 3.32. The van der Waals surface area contributed by atoms with E-state index in [-0.39, 0.29) is 23.3 Å². The van der Waals surface area contributed by atoms with Gasteiger partial charge < -0.3 is 10.6 Å². The number of nitrogens with zero attached hydrogens (tertiary/aromatic N) is 1. The summed E-state index contributed by atoms with van der Waals surface area (Å²) in [5, 5.41) is 0. The van der Waals surface area contributed by atoms with Crippen molar-refractivity contribution in [2.45, 2.75) is 45.1 Å². The lowest BCUT2D eigenvalue weighted by molar-refractivity contribution is -0.134. The molecule has 3 nitrogen and oxygen atoms in total. The lowest BCUT2D eigenvalue weighted by Crippen LogP contribution is -2.42. The van der Waals surface area contributed by atoms with E-state index in [1.54, 1.807) is 0 Å². The van der Waals surface area contributed by atoms with E-state index in [0.717, 1.165) is 31.5 Å². The van der Waals surface area contributed by atoms with Gasteiger partial charge in [-0.15, -0.1) is 0 Å². The van der Waals surface area contributed by atoms with Crippen LogP contribution in [0.3, 0.4) is 0 Å². The highest BCUT2D eigenvalue weighted by molar-refractivity contribution is 5.92. The molecule has 1 aliphatic rings. The van der Waals surface area contributed by atoms with E-state index >= 15 is 0 Å². The number of amides is 1. The number of hydrogen-bond acceptors (Lipinski definition) is 2. The van der Waals surface area contributed by atoms with Crippen molar-refractivity contribution in [1.29, 1.82) is 0 Å². The van der Waals surface area contributed by atoms with Gasteiger partial charge in [0.1, 0.15) is 0 Å². The number of rotatable bonds is 6. The lowest BCUT2D eigenvalue weighted by atomic mass is 9.89. The topological polar surface area (TPSA) is 46.3 Å². The molecular formula is C17H26N2O. The van der Waals surface area contributed by atoms with Crippen molar-refractivity contribution >= 4 is 5.91 Å². The molecular weight excluding hydrogens is 248 g/mol. The summed E-state index contributed by atoms with van der Waals surface area (Å²) in [5.41, 5.74) is 7.00. The summed E-state index contributed by atoms with van der Waals surface area (Å²) in [4.78, 5) is 14.9. The van der Waals surface area contributed by atoms with Gasteiger partial charge in [-0.05, 0) is 38.2 Å². The quantitative estimate of drug-likeness (QED) is 0.866. The Morgan fingerprint density at radius 3 is 2.40 bits per heavy atom. The van der Waals surface area contributed by atoms with Crippen LogP contribution in [0.25, 0.3) is 0 Å². The van der Waals surface area contributed by atoms with E-state index in [0.29, 0.717) is 0 Å². The number of hydrogen-bond donors (Lipinski definition) is 1. The Bertz CT molecular complexity index is 455. The molecule has 1 aliphatic carbocycles. The van der Waals surface area contributed by atoms with Gasteiger partial charge in [0.05, 0.1) is 5.41 Å². The zero-order valence-corrected chi connectivity index (χ0v) is 12.8. The number of benzene rings is 1. The molecule has 0 aromatic heterocycles. The zero-order valence-electron chi connectivity index (χ0n) is 12.8. The number of likely N-dealkylation sites (N-methyl/N-ethyl adjacent to an activating group) is 1. The summed E-state index contributed by atoms with van der Waals surface area (Å²) in [6.45, 7) is 7.70. The van der Waals surface area contributed by atoms with Crippen LogP contribution in [0.15, 0.2) is 30.3 Å². The molecule has 0 spiro atoms. The minimum atomic E-state index is -0.372. The molecule has 0 heterocycles. The van der Waals surface area contributed by atoms with E-state index in [1.807, 2.05) is 36.9 Å². The van der Waals surface area contributed by atoms with E-state index in [9.17, 15) is 4.79 Å². The Balaban J connectivity index is 2.35. The summed E-state index contributed by atoms with van der Waals surface area (Å²) in [6, 6.07) is 10.3. The summed E-state index contributed by atoms with van der Waals surface area (Å²) in [5.74, 6) is 0.533. The molecule has 1 amide bonds. The van der Waals surface area contributed by atoms with Crippen LogP contribution in [-0.2, 0) is 10.2 Å². The van der Waals surface area contributed by atoms with Crippen LogP contribution in [0.1, 0.15) is 39.2 Å². The van der Waals surface area contributed by atoms with Gasteiger partial charge in [-0.25, -0.2) is 0 Å². The van der Waals surface area contributed by atoms with Crippen LogP contribution in [0.2, 0.25) is 0 Å². The molecule has 0 radical (unpaired) electrons. The molecule has 2 unspecified atom stereocenters. The van der Waals surface area contributed by atoms with Gasteiger partial charge >= 0.3 is 0 Å². The first-order chi connectivity index (χ1) is 9.61. The summed E-state index contributed by atoms with van der Waals surface area (Å²) in [7, 11) is 0. The van der Waals surface area contributed by atoms with E-state index in [4.69, 9.17) is 5.73 Å². The van der Waals surface area contributed by atoms with Gasteiger partial charge in [0.15, 0.2) is 0 Å². The van der Waals surface area contributed by atoms with Gasteiger partial charge in [-0.2, -0.15) is 0 Å². The SMILES string of the molecule is CCC(N)C1C[C@@]1(C(=O)N(CC)CC)c1ccccc1. The Morgan fingerprint density at radius 2 is 1.90 bits per heavy atom. The summed E-state index contributed by atoms with van der Waals surface area (Å²) >= 11 is 0. The average molecular weight is 274 g/mol. The third kappa shape index (κ3) is 2.35. The Labute approximate surface area is 122 Å². The van der Waals surface area contributed by atoms with Gasteiger partial charge in [0.25, 0.3) is 0 Å². The standard InChI is InChI=1S/C17H26N2O/c1-4-15(18)14-12-17(14,13-10-8-7-9-11-13)16(20)19(5-2)6-3/h7-11,14-15H,4-6,12,18H2,1-3H3/t14?,15?,17-/m1/s1. The van der Waals surface area contributed by atoms with Crippen molar-refractivity contribution in [2.75, 3.05) is 13.1 Å². The minimum Gasteiger partial charge on any atom is -0.342 e. The molecule has 3 atom stereocenters. The Kier molecular flexibility index (Phi) is 4.48. The van der Waals surface area contributed by atoms with E-state index < -0.39 is 0 Å². The van der Waals surface area contributed by atoms with Gasteiger partial charge in [0.2, 0.25) is 5.91 Å². The number of nitrogens with two attached hydrogens (primary N) is 1. The zero-order chi connectivity index (χ0) is 14.8. The summed E-state index contributed by atoms with van der Waals surface area (Å²) < 4.78 is 0. The molecule has 0 aliphatic heterocycles. The normalized spacial score (nSPS) is 26.1. The maximum Gasteiger partial charge on any atom is 0.233 e. The molecule has 3 heteroatoms. The molecule has 1 fully saturated rings. The first-order valence-electron chi connectivity index (χ1n) is 7.72. The first kappa shape index (κ1) is 15.0. The maximum absolute atomic E-state index is 13.0. The monoisotopic (exact) mass is 274 g/mol. The highest BCUT2D eigenvalue weighted by atomic mass is 16.2. The highest BCUT2D eigenvalue weighted by Crippen LogP contribution is 2.57. The fraction of sp³-hybridized carbons (Fsp3) is 0.588. The van der Waals surface area contributed by atoms with Crippen LogP contribution >= 0.6 is 0 Å². The number of carbonyl (C=O) groups excluding carboxylic acids is 1. The number of carbonyl (C=O) groups is 1. The largest absolute Gasteiger partial charge is 0.342 e. The maximum atomic E-state index is 13.0. The fourth-order valence-electron chi connectivity index (χ4n) is 3.32. The van der Waals surface area contributed by atoms with Crippen molar-refractivity contribution in [2.24, 2.45) is 11.7 Å². The van der Waals surface area contributed by atoms with Crippen LogP contribution in [0.5, 0.6) is 0 Å². The minimum absolute atomic E-state index is 0.106. The van der Waals surface area contributed by atoms with Gasteiger partial charge in [0, 0.05) is 19.1 Å². The third-order valence-corrected chi connectivity index (χ3v) is 4.72. The van der Waals surface area contributed by atoms with Crippen molar-refractivity contribution in [3.8, 4) is 0 Å². The molecule has 2 N–H and O–H groups in total. The second kappa shape index (κ2) is 5.96. The van der Waals surface area contributed by atoms with E-state index in [1.165, 1.54) is 0 Å². The third-order valence-electron chi connectivity index (χ3n) is 4.72. The lowest BCUT2D eigenvalue weighted by Gasteiger charge is -2.27. The molecule has 0 saturated heterocycles. The molecule has 2 rings (SSSR count). The van der Waals surface area contributed by atoms with Crippen molar-refractivity contribution < 1.29 is 4.79 Å². The van der Waals surface area contributed by atoms with Crippen LogP contribution < -0.4 is 5.73 Å². The second-order valence-electron chi connectivity index (χ2n) is 5.70. The van der Waals surface area contributed by atoms with Gasteiger partial charge in [-0.3, -0.25) is 4.79 Å². The van der Waals surface area contributed by atoms with Crippen molar-refractivity contribution in [3.05, 3.63) is 35.9 Å². The van der Waals surface area contributed by atoms with Crippen LogP contribution in [-0.4, -0.2) is 29.9 Å². The second-order valence-corrected chi connectivity index (χ2v) is 5.70. The van der Waals surface area contributed by atoms with Crippen LogP contribution in [0.4, 0.5) is 0 Å². The molecule has 20 heavy (non-hydrogen) atoms. The smallest absolute Gasteiger partial charge is 0.233 e. The first-order valence-corrected chi connectivity index (χ1v) is 7.72. The average Bonchev–Trinajstić information content (AvgIpc) is 3.25. The highest BCUT2D eigenvalue weighted by Gasteiger charge is 2.63. The predicted octanol–water partition coefficient (Wildman–Crippen LogP) is 2.55. The Hall–Kier alpha value is -1.35. The van der Waals surface area contributed by atoms with Crippen LogP contribution in [0, 0.1) is 5.92 Å². The molecule has 1 aromatic rings. The predicted molar refractivity (Wildman–Crippen MR) is 82.4 cm³/mol. The summed E-state index contributed by atoms with van der Waals surface area (Å²) in [6.07, 6.45) is 1.81. The molecule has 110 valence electrons. The Morgan fingerprint density at radius 1 is 1.30 bits per heavy atom. The van der Waals surface area contributed by atoms with Crippen molar-refractivity contribution in [3.63, 3.8) is 0 Å². The van der Waals surface area contributed by atoms with Gasteiger partial charge in [-0.1, -0.05) is 37.3 Å². The molecule has 1 saturated carbocycles.